The van der Waals surface area contributed by atoms with Gasteiger partial charge in [-0.15, -0.1) is 0 Å². The predicted molar refractivity (Wildman–Crippen MR) is 95.9 cm³/mol. The molecule has 22 heavy (non-hydrogen) atoms. The van der Waals surface area contributed by atoms with Gasteiger partial charge in [-0.1, -0.05) is 36.4 Å². The monoisotopic (exact) mass is 294 g/mol. The Kier molecular flexibility index (Phi) is 5.31. The van der Waals surface area contributed by atoms with Crippen LogP contribution in [0.3, 0.4) is 0 Å². The van der Waals surface area contributed by atoms with Gasteiger partial charge in [-0.3, -0.25) is 10.0 Å². The molecule has 0 aliphatic rings. The molecule has 0 unspecified atom stereocenters. The third kappa shape index (κ3) is 4.19. The fourth-order valence-electron chi connectivity index (χ4n) is 2.00. The molecule has 0 spiro atoms. The second-order valence-corrected chi connectivity index (χ2v) is 5.09. The Morgan fingerprint density at radius 2 is 0.955 bits per heavy atom. The lowest BCUT2D eigenvalue weighted by molar-refractivity contribution is 1.00. The van der Waals surface area contributed by atoms with E-state index in [1.165, 1.54) is 0 Å². The second kappa shape index (κ2) is 7.41. The molecule has 114 valence electrons. The summed E-state index contributed by atoms with van der Waals surface area (Å²) in [6, 6.07) is 20.1. The molecular weight excluding hydrogens is 272 g/mol. The van der Waals surface area contributed by atoms with Gasteiger partial charge in [0.25, 0.3) is 0 Å². The molecule has 0 amide bonds. The Bertz CT molecular complexity index is 588. The first kappa shape index (κ1) is 15.8. The quantitative estimate of drug-likeness (QED) is 0.616. The largest absolute Gasteiger partial charge is 0.268 e. The first-order valence-corrected chi connectivity index (χ1v) is 7.26. The number of anilines is 2. The van der Waals surface area contributed by atoms with E-state index in [-0.39, 0.29) is 0 Å². The molecule has 4 nitrogen and oxygen atoms in total. The van der Waals surface area contributed by atoms with Gasteiger partial charge in [-0.2, -0.15) is 10.2 Å². The van der Waals surface area contributed by atoms with Crippen molar-refractivity contribution in [3.8, 4) is 0 Å². The normalized spacial score (nSPS) is 12.2. The van der Waals surface area contributed by atoms with Gasteiger partial charge in [0, 0.05) is 14.1 Å². The van der Waals surface area contributed by atoms with Crippen LogP contribution in [-0.2, 0) is 0 Å². The summed E-state index contributed by atoms with van der Waals surface area (Å²) in [7, 11) is 3.88. The summed E-state index contributed by atoms with van der Waals surface area (Å²) in [5.74, 6) is 0. The molecule has 2 aromatic rings. The number of rotatable bonds is 5. The Morgan fingerprint density at radius 3 is 1.27 bits per heavy atom. The van der Waals surface area contributed by atoms with Gasteiger partial charge in [0.15, 0.2) is 0 Å². The molecule has 0 saturated heterocycles. The highest BCUT2D eigenvalue weighted by molar-refractivity contribution is 6.40. The summed E-state index contributed by atoms with van der Waals surface area (Å²) in [6.45, 7) is 3.94. The standard InChI is InChI=1S/C18H22N4/c1-15(19-21(3)17-11-7-5-8-12-17)16(2)20-22(4)18-13-9-6-10-14-18/h5-14H,1-4H3/b19-15+,20-16+. The number of para-hydroxylation sites is 2. The van der Waals surface area contributed by atoms with E-state index in [1.807, 2.05) is 98.6 Å². The van der Waals surface area contributed by atoms with E-state index < -0.39 is 0 Å². The maximum absolute atomic E-state index is 4.59. The molecule has 2 aromatic carbocycles. The van der Waals surface area contributed by atoms with E-state index in [9.17, 15) is 0 Å². The molecule has 0 aromatic heterocycles. The summed E-state index contributed by atoms with van der Waals surface area (Å²) < 4.78 is 0. The number of hydrogen-bond acceptors (Lipinski definition) is 4. The van der Waals surface area contributed by atoms with Crippen LogP contribution >= 0.6 is 0 Å². The topological polar surface area (TPSA) is 31.2 Å². The molecule has 0 radical (unpaired) electrons. The van der Waals surface area contributed by atoms with E-state index in [0.29, 0.717) is 0 Å². The summed E-state index contributed by atoms with van der Waals surface area (Å²) in [4.78, 5) is 0. The van der Waals surface area contributed by atoms with Gasteiger partial charge < -0.3 is 0 Å². The van der Waals surface area contributed by atoms with E-state index in [2.05, 4.69) is 10.2 Å². The van der Waals surface area contributed by atoms with Crippen molar-refractivity contribution in [1.29, 1.82) is 0 Å². The van der Waals surface area contributed by atoms with E-state index >= 15 is 0 Å². The third-order valence-corrected chi connectivity index (χ3v) is 3.38. The number of hydrazone groups is 2. The minimum atomic E-state index is 0.883. The average molecular weight is 294 g/mol. The van der Waals surface area contributed by atoms with Gasteiger partial charge in [0.05, 0.1) is 22.8 Å². The van der Waals surface area contributed by atoms with Gasteiger partial charge in [-0.25, -0.2) is 0 Å². The lowest BCUT2D eigenvalue weighted by atomic mass is 10.3. The van der Waals surface area contributed by atoms with Gasteiger partial charge in [0.2, 0.25) is 0 Å². The number of hydrogen-bond donors (Lipinski definition) is 0. The smallest absolute Gasteiger partial charge is 0.0808 e. The first-order valence-electron chi connectivity index (χ1n) is 7.26. The van der Waals surface area contributed by atoms with Crippen LogP contribution in [-0.4, -0.2) is 25.5 Å². The highest BCUT2D eigenvalue weighted by Crippen LogP contribution is 2.13. The van der Waals surface area contributed by atoms with Gasteiger partial charge in [0.1, 0.15) is 0 Å². The van der Waals surface area contributed by atoms with Crippen LogP contribution in [0.25, 0.3) is 0 Å². The Balaban J connectivity index is 2.12. The van der Waals surface area contributed by atoms with Crippen LogP contribution in [0.5, 0.6) is 0 Å². The van der Waals surface area contributed by atoms with E-state index in [4.69, 9.17) is 0 Å². The molecule has 0 heterocycles. The Labute approximate surface area is 132 Å². The zero-order chi connectivity index (χ0) is 15.9. The highest BCUT2D eigenvalue weighted by Gasteiger charge is 2.04. The number of benzene rings is 2. The Morgan fingerprint density at radius 1 is 0.636 bits per heavy atom. The molecule has 0 fully saturated rings. The molecule has 0 saturated carbocycles. The van der Waals surface area contributed by atoms with Crippen LogP contribution in [0.4, 0.5) is 11.4 Å². The third-order valence-electron chi connectivity index (χ3n) is 3.38. The van der Waals surface area contributed by atoms with Crippen LogP contribution < -0.4 is 10.0 Å². The van der Waals surface area contributed by atoms with Crippen molar-refractivity contribution in [2.45, 2.75) is 13.8 Å². The predicted octanol–water partition coefficient (Wildman–Crippen LogP) is 4.01. The summed E-state index contributed by atoms with van der Waals surface area (Å²) in [5, 5.41) is 12.9. The molecular formula is C18H22N4. The van der Waals surface area contributed by atoms with Gasteiger partial charge >= 0.3 is 0 Å². The summed E-state index contributed by atoms with van der Waals surface area (Å²) >= 11 is 0. The van der Waals surface area contributed by atoms with Gasteiger partial charge in [-0.05, 0) is 38.1 Å². The zero-order valence-corrected chi connectivity index (χ0v) is 13.6. The maximum atomic E-state index is 4.59. The highest BCUT2D eigenvalue weighted by atomic mass is 15.5. The molecule has 4 heteroatoms. The lowest BCUT2D eigenvalue weighted by Gasteiger charge is -2.16. The van der Waals surface area contributed by atoms with Crippen molar-refractivity contribution < 1.29 is 0 Å². The summed E-state index contributed by atoms with van der Waals surface area (Å²) in [6.07, 6.45) is 0. The minimum absolute atomic E-state index is 0.883. The first-order chi connectivity index (χ1) is 10.6. The van der Waals surface area contributed by atoms with Crippen molar-refractivity contribution in [2.75, 3.05) is 24.1 Å². The Hall–Kier alpha value is -2.62. The van der Waals surface area contributed by atoms with Crippen molar-refractivity contribution in [3.63, 3.8) is 0 Å². The van der Waals surface area contributed by atoms with Crippen LogP contribution in [0.2, 0.25) is 0 Å². The fourth-order valence-corrected chi connectivity index (χ4v) is 2.00. The molecule has 0 aliphatic heterocycles. The fraction of sp³-hybridized carbons (Fsp3) is 0.222. The molecule has 0 N–H and O–H groups in total. The minimum Gasteiger partial charge on any atom is -0.268 e. The van der Waals surface area contributed by atoms with Crippen molar-refractivity contribution in [3.05, 3.63) is 60.7 Å². The van der Waals surface area contributed by atoms with Crippen molar-refractivity contribution in [2.24, 2.45) is 10.2 Å². The van der Waals surface area contributed by atoms with Crippen LogP contribution in [0, 0.1) is 0 Å². The lowest BCUT2D eigenvalue weighted by Crippen LogP contribution is -2.19. The van der Waals surface area contributed by atoms with Crippen molar-refractivity contribution >= 4 is 22.8 Å². The van der Waals surface area contributed by atoms with Crippen LogP contribution in [0.15, 0.2) is 70.9 Å². The SMILES string of the molecule is CC(=N\N(C)c1ccccc1)/C(C)=N/N(C)c1ccccc1. The zero-order valence-electron chi connectivity index (χ0n) is 13.6. The second-order valence-electron chi connectivity index (χ2n) is 5.09. The number of nitrogens with zero attached hydrogens (tertiary/aromatic N) is 4. The van der Waals surface area contributed by atoms with E-state index in [0.717, 1.165) is 22.8 Å². The van der Waals surface area contributed by atoms with E-state index in [1.54, 1.807) is 0 Å². The summed E-state index contributed by atoms with van der Waals surface area (Å²) in [5.41, 5.74) is 3.86. The van der Waals surface area contributed by atoms with Crippen LogP contribution in [0.1, 0.15) is 13.8 Å². The molecule has 0 bridgehead atoms. The average Bonchev–Trinajstić information content (AvgIpc) is 2.56. The van der Waals surface area contributed by atoms with Crippen molar-refractivity contribution in [1.82, 2.24) is 0 Å². The molecule has 0 aliphatic carbocycles. The molecule has 2 rings (SSSR count). The molecule has 0 atom stereocenters. The maximum Gasteiger partial charge on any atom is 0.0808 e.